The number of hydrogen-bond acceptors (Lipinski definition) is 8. The van der Waals surface area contributed by atoms with Crippen LogP contribution in [0, 0.1) is 5.82 Å². The molecule has 0 saturated carbocycles. The van der Waals surface area contributed by atoms with Crippen molar-refractivity contribution in [2.24, 2.45) is 0 Å². The van der Waals surface area contributed by atoms with Gasteiger partial charge in [0, 0.05) is 50.5 Å². The highest BCUT2D eigenvalue weighted by atomic mass is 35.5. The number of aromatic nitrogens is 2. The van der Waals surface area contributed by atoms with Crippen LogP contribution in [0.1, 0.15) is 22.8 Å². The maximum atomic E-state index is 15.1. The van der Waals surface area contributed by atoms with E-state index in [2.05, 4.69) is 9.88 Å². The lowest BCUT2D eigenvalue weighted by molar-refractivity contribution is -0.134. The first-order valence-electron chi connectivity index (χ1n) is 12.5. The van der Waals surface area contributed by atoms with Gasteiger partial charge in [-0.2, -0.15) is 0 Å². The molecule has 5 rings (SSSR count). The SMILES string of the molecule is CCn1cc(C(=O)O)c(=O)c2cc(F)c(N3CCN(CCOC4=C(c5cccc(Cl)c5)C(=O)OC4)CC3)nc21. The average molecular weight is 557 g/mol. The number of benzene rings is 1. The van der Waals surface area contributed by atoms with Crippen LogP contribution >= 0.6 is 11.6 Å². The fourth-order valence-corrected chi connectivity index (χ4v) is 4.99. The molecule has 0 bridgehead atoms. The molecule has 0 aliphatic carbocycles. The summed E-state index contributed by atoms with van der Waals surface area (Å²) < 4.78 is 27.7. The summed E-state index contributed by atoms with van der Waals surface area (Å²) in [7, 11) is 0. The van der Waals surface area contributed by atoms with Crippen molar-refractivity contribution in [2.45, 2.75) is 13.5 Å². The summed E-state index contributed by atoms with van der Waals surface area (Å²) in [4.78, 5) is 44.7. The maximum absolute atomic E-state index is 15.1. The van der Waals surface area contributed by atoms with Crippen LogP contribution in [-0.4, -0.2) is 77.4 Å². The zero-order valence-electron chi connectivity index (χ0n) is 21.2. The van der Waals surface area contributed by atoms with Crippen LogP contribution in [0.15, 0.2) is 47.1 Å². The number of esters is 1. The Morgan fingerprint density at radius 1 is 1.21 bits per heavy atom. The molecule has 2 aromatic heterocycles. The molecule has 0 unspecified atom stereocenters. The molecule has 0 spiro atoms. The van der Waals surface area contributed by atoms with Crippen LogP contribution in [0.25, 0.3) is 16.6 Å². The highest BCUT2D eigenvalue weighted by molar-refractivity contribution is 6.31. The van der Waals surface area contributed by atoms with E-state index in [-0.39, 0.29) is 23.5 Å². The van der Waals surface area contributed by atoms with E-state index < -0.39 is 28.7 Å². The van der Waals surface area contributed by atoms with Crippen molar-refractivity contribution in [2.75, 3.05) is 50.8 Å². The Balaban J connectivity index is 1.24. The van der Waals surface area contributed by atoms with E-state index in [9.17, 15) is 19.5 Å². The number of carboxylic acid groups (broad SMARTS) is 1. The smallest absolute Gasteiger partial charge is 0.342 e. The first-order chi connectivity index (χ1) is 18.8. The number of carbonyl (C=O) groups excluding carboxylic acids is 1. The van der Waals surface area contributed by atoms with E-state index >= 15 is 4.39 Å². The summed E-state index contributed by atoms with van der Waals surface area (Å²) in [5, 5.41) is 9.78. The molecule has 2 aliphatic heterocycles. The second-order valence-corrected chi connectivity index (χ2v) is 9.63. The van der Waals surface area contributed by atoms with Crippen molar-refractivity contribution in [3.05, 3.63) is 74.5 Å². The number of aromatic carboxylic acids is 1. The summed E-state index contributed by atoms with van der Waals surface area (Å²) in [6.45, 7) is 5.40. The number of aryl methyl sites for hydroxylation is 1. The number of hydrogen-bond donors (Lipinski definition) is 1. The first-order valence-corrected chi connectivity index (χ1v) is 12.9. The van der Waals surface area contributed by atoms with Gasteiger partial charge in [0.15, 0.2) is 11.6 Å². The van der Waals surface area contributed by atoms with Crippen molar-refractivity contribution < 1.29 is 28.6 Å². The van der Waals surface area contributed by atoms with E-state index in [1.165, 1.54) is 6.20 Å². The molecule has 1 N–H and O–H groups in total. The Morgan fingerprint density at radius 2 is 1.97 bits per heavy atom. The number of cyclic esters (lactones) is 1. The van der Waals surface area contributed by atoms with Gasteiger partial charge in [-0.3, -0.25) is 9.69 Å². The molecule has 1 saturated heterocycles. The van der Waals surface area contributed by atoms with Crippen molar-refractivity contribution in [1.82, 2.24) is 14.5 Å². The van der Waals surface area contributed by atoms with Crippen molar-refractivity contribution in [1.29, 1.82) is 0 Å². The molecule has 1 aromatic carbocycles. The van der Waals surface area contributed by atoms with Gasteiger partial charge in [-0.15, -0.1) is 0 Å². The topological polar surface area (TPSA) is 114 Å². The normalized spacial score (nSPS) is 16.2. The third-order valence-corrected chi connectivity index (χ3v) is 7.08. The second kappa shape index (κ2) is 11.0. The molecule has 0 radical (unpaired) electrons. The minimum absolute atomic E-state index is 0.0605. The minimum Gasteiger partial charge on any atom is -0.492 e. The lowest BCUT2D eigenvalue weighted by Gasteiger charge is -2.35. The van der Waals surface area contributed by atoms with Crippen molar-refractivity contribution >= 4 is 46.0 Å². The second-order valence-electron chi connectivity index (χ2n) is 9.19. The molecule has 4 heterocycles. The minimum atomic E-state index is -1.36. The molecule has 0 atom stereocenters. The Labute approximate surface area is 227 Å². The molecule has 2 aliphatic rings. The van der Waals surface area contributed by atoms with Gasteiger partial charge in [-0.1, -0.05) is 23.7 Å². The predicted octanol–water partition coefficient (Wildman–Crippen LogP) is 3.01. The fraction of sp³-hybridized carbons (Fsp3) is 0.333. The number of ether oxygens (including phenoxy) is 2. The van der Waals surface area contributed by atoms with Crippen LogP contribution in [-0.2, 0) is 20.8 Å². The predicted molar refractivity (Wildman–Crippen MR) is 143 cm³/mol. The van der Waals surface area contributed by atoms with Crippen molar-refractivity contribution in [3.8, 4) is 0 Å². The molecule has 204 valence electrons. The van der Waals surface area contributed by atoms with Gasteiger partial charge >= 0.3 is 11.9 Å². The third-order valence-electron chi connectivity index (χ3n) is 6.84. The van der Waals surface area contributed by atoms with Crippen molar-refractivity contribution in [3.63, 3.8) is 0 Å². The summed E-state index contributed by atoms with van der Waals surface area (Å²) in [6.07, 6.45) is 1.25. The van der Waals surface area contributed by atoms with Gasteiger partial charge in [0.05, 0.1) is 5.39 Å². The Bertz CT molecular complexity index is 1550. The zero-order chi connectivity index (χ0) is 27.7. The first kappa shape index (κ1) is 26.6. The largest absolute Gasteiger partial charge is 0.492 e. The number of piperazine rings is 1. The molecule has 1 fully saturated rings. The fourth-order valence-electron chi connectivity index (χ4n) is 4.80. The summed E-state index contributed by atoms with van der Waals surface area (Å²) in [5.74, 6) is -1.89. The summed E-state index contributed by atoms with van der Waals surface area (Å²) in [5.41, 5.74) is 0.0929. The summed E-state index contributed by atoms with van der Waals surface area (Å²) >= 11 is 6.07. The summed E-state index contributed by atoms with van der Waals surface area (Å²) in [6, 6.07) is 8.03. The van der Waals surface area contributed by atoms with E-state index in [4.69, 9.17) is 21.1 Å². The highest BCUT2D eigenvalue weighted by Crippen LogP contribution is 2.29. The lowest BCUT2D eigenvalue weighted by Crippen LogP contribution is -2.48. The molecule has 3 aromatic rings. The van der Waals surface area contributed by atoms with Crippen LogP contribution in [0.2, 0.25) is 5.02 Å². The molecular weight excluding hydrogens is 531 g/mol. The zero-order valence-corrected chi connectivity index (χ0v) is 21.9. The highest BCUT2D eigenvalue weighted by Gasteiger charge is 2.29. The molecule has 10 nitrogen and oxygen atoms in total. The quantitative estimate of drug-likeness (QED) is 0.418. The van der Waals surface area contributed by atoms with Gasteiger partial charge in [-0.05, 0) is 30.7 Å². The van der Waals surface area contributed by atoms with E-state index in [1.807, 2.05) is 4.90 Å². The van der Waals surface area contributed by atoms with Gasteiger partial charge in [0.1, 0.15) is 35.8 Å². The Kier molecular flexibility index (Phi) is 7.53. The van der Waals surface area contributed by atoms with Gasteiger partial charge in [-0.25, -0.2) is 19.0 Å². The van der Waals surface area contributed by atoms with Crippen LogP contribution in [0.3, 0.4) is 0 Å². The van der Waals surface area contributed by atoms with Gasteiger partial charge < -0.3 is 24.0 Å². The third kappa shape index (κ3) is 5.32. The molecule has 39 heavy (non-hydrogen) atoms. The number of carboxylic acids is 1. The number of halogens is 2. The van der Waals surface area contributed by atoms with E-state index in [0.717, 1.165) is 6.07 Å². The number of anilines is 1. The Hall–Kier alpha value is -3.96. The van der Waals surface area contributed by atoms with Crippen LogP contribution in [0.5, 0.6) is 0 Å². The van der Waals surface area contributed by atoms with Crippen LogP contribution < -0.4 is 10.3 Å². The number of fused-ring (bicyclic) bond motifs is 1. The number of carbonyl (C=O) groups is 2. The number of rotatable bonds is 8. The van der Waals surface area contributed by atoms with Gasteiger partial charge in [0.25, 0.3) is 0 Å². The molecule has 0 amide bonds. The molecule has 12 heteroatoms. The standard InChI is InChI=1S/C27H26ClFN4O6/c1-2-32-14-19(26(35)36)23(34)18-13-20(29)25(30-24(18)32)33-8-6-31(7-9-33)10-11-38-21-15-39-27(37)22(21)16-4-3-5-17(28)12-16/h3-5,12-14H,2,6-11,15H2,1H3,(H,35,36). The maximum Gasteiger partial charge on any atom is 0.342 e. The lowest BCUT2D eigenvalue weighted by atomic mass is 10.1. The number of pyridine rings is 2. The van der Waals surface area contributed by atoms with E-state index in [0.29, 0.717) is 67.8 Å². The van der Waals surface area contributed by atoms with Crippen LogP contribution in [0.4, 0.5) is 10.2 Å². The average Bonchev–Trinajstić information content (AvgIpc) is 3.29. The van der Waals surface area contributed by atoms with E-state index in [1.54, 1.807) is 35.8 Å². The Morgan fingerprint density at radius 3 is 2.67 bits per heavy atom. The molecular formula is C27H26ClFN4O6. The number of nitrogens with zero attached hydrogens (tertiary/aromatic N) is 4. The van der Waals surface area contributed by atoms with Gasteiger partial charge in [0.2, 0.25) is 5.43 Å². The monoisotopic (exact) mass is 556 g/mol.